The van der Waals surface area contributed by atoms with E-state index in [1.54, 1.807) is 41.0 Å². The Morgan fingerprint density at radius 3 is 2.28 bits per heavy atom. The van der Waals surface area contributed by atoms with Crippen molar-refractivity contribution in [3.8, 4) is 0 Å². The zero-order valence-electron chi connectivity index (χ0n) is 27.1. The number of benzene rings is 3. The minimum atomic E-state index is -1.47. The maximum Gasteiger partial charge on any atom is 0.253 e. The van der Waals surface area contributed by atoms with Crippen LogP contribution < -0.4 is 10.6 Å². The minimum absolute atomic E-state index is 0.164. The second-order valence-corrected chi connectivity index (χ2v) is 12.5. The lowest BCUT2D eigenvalue weighted by Gasteiger charge is -2.32. The Bertz CT molecular complexity index is 1530. The number of halogens is 3. The zero-order valence-corrected chi connectivity index (χ0v) is 27.8. The number of aliphatic hydroxyl groups excluding tert-OH is 1. The second kappa shape index (κ2) is 16.8. The molecule has 1 aliphatic heterocycles. The van der Waals surface area contributed by atoms with Crippen LogP contribution in [0.25, 0.3) is 0 Å². The summed E-state index contributed by atoms with van der Waals surface area (Å²) in [5.74, 6) is -2.76. The van der Waals surface area contributed by atoms with Gasteiger partial charge >= 0.3 is 0 Å². The number of hydrogen-bond donors (Lipinski definition) is 3. The number of nitrogens with one attached hydrogen (secondary N) is 2. The molecule has 3 amide bonds. The van der Waals surface area contributed by atoms with Crippen molar-refractivity contribution in [2.45, 2.75) is 71.2 Å². The van der Waals surface area contributed by atoms with Gasteiger partial charge in [0.15, 0.2) is 0 Å². The maximum absolute atomic E-state index is 14.2. The average molecular weight is 669 g/mol. The summed E-state index contributed by atoms with van der Waals surface area (Å²) >= 11 is 6.03. The van der Waals surface area contributed by atoms with E-state index in [-0.39, 0.29) is 29.4 Å². The lowest BCUT2D eigenvalue weighted by Crippen LogP contribution is -2.58. The minimum Gasteiger partial charge on any atom is -0.389 e. The molecule has 4 rings (SSSR count). The third kappa shape index (κ3) is 9.82. The monoisotopic (exact) mass is 668 g/mol. The average Bonchev–Trinajstić information content (AvgIpc) is 3.21. The SMILES string of the molecule is CCCN(CCC)C(=O)c1cc(C)cc(C(=O)N[C@@H](Cc2cc(F)cc(F)c2)[C@H](O)[C@@H]2NCCCN(Cc3ccc(Cl)cc3)C2=O)c1. The topological polar surface area (TPSA) is 102 Å². The van der Waals surface area contributed by atoms with E-state index in [1.165, 1.54) is 6.07 Å². The van der Waals surface area contributed by atoms with Gasteiger partial charge in [0.05, 0.1) is 12.1 Å². The van der Waals surface area contributed by atoms with Gasteiger partial charge in [-0.05, 0) is 98.3 Å². The molecular formula is C36H43ClF2N4O4. The van der Waals surface area contributed by atoms with Crippen LogP contribution in [0.15, 0.2) is 60.7 Å². The van der Waals surface area contributed by atoms with Gasteiger partial charge in [-0.15, -0.1) is 0 Å². The number of aliphatic hydroxyl groups is 1. The van der Waals surface area contributed by atoms with Crippen molar-refractivity contribution in [2.24, 2.45) is 0 Å². The van der Waals surface area contributed by atoms with E-state index in [4.69, 9.17) is 11.6 Å². The van der Waals surface area contributed by atoms with Gasteiger partial charge in [0, 0.05) is 48.4 Å². The predicted octanol–water partition coefficient (Wildman–Crippen LogP) is 5.28. The third-order valence-corrected chi connectivity index (χ3v) is 8.39. The molecule has 3 atom stereocenters. The summed E-state index contributed by atoms with van der Waals surface area (Å²) < 4.78 is 28.4. The highest BCUT2D eigenvalue weighted by Gasteiger charge is 2.37. The molecule has 47 heavy (non-hydrogen) atoms. The summed E-state index contributed by atoms with van der Waals surface area (Å²) in [6.07, 6.45) is 0.566. The van der Waals surface area contributed by atoms with E-state index in [2.05, 4.69) is 10.6 Å². The molecule has 3 aromatic carbocycles. The Labute approximate surface area is 280 Å². The first-order valence-electron chi connectivity index (χ1n) is 16.1. The number of amides is 3. The summed E-state index contributed by atoms with van der Waals surface area (Å²) in [6, 6.07) is 12.8. The number of nitrogens with zero attached hydrogens (tertiary/aromatic N) is 2. The quantitative estimate of drug-likeness (QED) is 0.230. The second-order valence-electron chi connectivity index (χ2n) is 12.1. The molecule has 0 aromatic heterocycles. The van der Waals surface area contributed by atoms with Gasteiger partial charge in [-0.3, -0.25) is 14.4 Å². The molecule has 0 saturated carbocycles. The van der Waals surface area contributed by atoms with Crippen LogP contribution in [0, 0.1) is 18.6 Å². The fourth-order valence-corrected chi connectivity index (χ4v) is 6.08. The number of carbonyl (C=O) groups excluding carboxylic acids is 3. The zero-order chi connectivity index (χ0) is 34.1. The van der Waals surface area contributed by atoms with Crippen molar-refractivity contribution in [1.29, 1.82) is 0 Å². The number of aryl methyl sites for hydroxylation is 1. The van der Waals surface area contributed by atoms with E-state index in [1.807, 2.05) is 26.0 Å². The van der Waals surface area contributed by atoms with Gasteiger partial charge in [-0.25, -0.2) is 8.78 Å². The molecule has 0 spiro atoms. The molecule has 252 valence electrons. The van der Waals surface area contributed by atoms with Crippen LogP contribution >= 0.6 is 11.6 Å². The van der Waals surface area contributed by atoms with Crippen LogP contribution in [0.3, 0.4) is 0 Å². The summed E-state index contributed by atoms with van der Waals surface area (Å²) in [5.41, 5.74) is 2.30. The van der Waals surface area contributed by atoms with Gasteiger partial charge in [0.1, 0.15) is 17.7 Å². The Balaban J connectivity index is 1.63. The number of rotatable bonds is 13. The fraction of sp³-hybridized carbons (Fsp3) is 0.417. The summed E-state index contributed by atoms with van der Waals surface area (Å²) in [4.78, 5) is 44.3. The van der Waals surface area contributed by atoms with Crippen LogP contribution in [-0.2, 0) is 17.8 Å². The Kier molecular flexibility index (Phi) is 12.9. The molecular weight excluding hydrogens is 626 g/mol. The van der Waals surface area contributed by atoms with Crippen molar-refractivity contribution in [2.75, 3.05) is 26.2 Å². The van der Waals surface area contributed by atoms with Gasteiger partial charge in [0.25, 0.3) is 11.8 Å². The lowest BCUT2D eigenvalue weighted by molar-refractivity contribution is -0.136. The predicted molar refractivity (Wildman–Crippen MR) is 178 cm³/mol. The summed E-state index contributed by atoms with van der Waals surface area (Å²) in [5, 5.41) is 18.2. The van der Waals surface area contributed by atoms with Gasteiger partial charge < -0.3 is 25.5 Å². The highest BCUT2D eigenvalue weighted by molar-refractivity contribution is 6.30. The third-order valence-electron chi connectivity index (χ3n) is 8.14. The molecule has 1 aliphatic rings. The first-order chi connectivity index (χ1) is 22.5. The molecule has 1 fully saturated rings. The van der Waals surface area contributed by atoms with E-state index >= 15 is 0 Å². The molecule has 0 unspecified atom stereocenters. The van der Waals surface area contributed by atoms with E-state index < -0.39 is 35.7 Å². The molecule has 3 aromatic rings. The smallest absolute Gasteiger partial charge is 0.253 e. The van der Waals surface area contributed by atoms with Crippen LogP contribution in [0.4, 0.5) is 8.78 Å². The Morgan fingerprint density at radius 1 is 1.00 bits per heavy atom. The van der Waals surface area contributed by atoms with Gasteiger partial charge in [-0.1, -0.05) is 37.6 Å². The lowest BCUT2D eigenvalue weighted by atomic mass is 9.94. The highest BCUT2D eigenvalue weighted by Crippen LogP contribution is 2.20. The standard InChI is InChI=1S/C36H43ClF2N4O4/c1-4-12-42(13-5-2)35(46)27-16-23(3)15-26(20-27)34(45)41-31(19-25-17-29(38)21-30(39)18-25)33(44)32-36(47)43(14-6-11-40-32)22-24-7-9-28(37)10-8-24/h7-10,15-18,20-21,31-33,40,44H,4-6,11-14,19,22H2,1-3H3,(H,41,45)/t31-,32-,33-/m0/s1. The molecule has 1 saturated heterocycles. The molecule has 1 heterocycles. The summed E-state index contributed by atoms with van der Waals surface area (Å²) in [6.45, 7) is 8.09. The van der Waals surface area contributed by atoms with E-state index in [0.717, 1.165) is 36.6 Å². The number of hydrogen-bond acceptors (Lipinski definition) is 5. The van der Waals surface area contributed by atoms with Crippen LogP contribution in [-0.4, -0.2) is 77.0 Å². The Hall–Kier alpha value is -3.86. The maximum atomic E-state index is 14.2. The first kappa shape index (κ1) is 36.0. The molecule has 0 bridgehead atoms. The van der Waals surface area contributed by atoms with Crippen molar-refractivity contribution in [3.63, 3.8) is 0 Å². The molecule has 11 heteroatoms. The highest BCUT2D eigenvalue weighted by atomic mass is 35.5. The largest absolute Gasteiger partial charge is 0.389 e. The summed E-state index contributed by atoms with van der Waals surface area (Å²) in [7, 11) is 0. The molecule has 3 N–H and O–H groups in total. The van der Waals surface area contributed by atoms with Crippen LogP contribution in [0.2, 0.25) is 5.02 Å². The van der Waals surface area contributed by atoms with Crippen molar-refractivity contribution in [3.05, 3.63) is 105 Å². The van der Waals surface area contributed by atoms with E-state index in [9.17, 15) is 28.3 Å². The van der Waals surface area contributed by atoms with Crippen LogP contribution in [0.5, 0.6) is 0 Å². The van der Waals surface area contributed by atoms with Crippen molar-refractivity contribution >= 4 is 29.3 Å². The van der Waals surface area contributed by atoms with Crippen molar-refractivity contribution in [1.82, 2.24) is 20.4 Å². The molecule has 8 nitrogen and oxygen atoms in total. The molecule has 0 radical (unpaired) electrons. The van der Waals surface area contributed by atoms with Gasteiger partial charge in [-0.2, -0.15) is 0 Å². The fourth-order valence-electron chi connectivity index (χ4n) is 5.95. The normalized spacial score (nSPS) is 16.4. The molecule has 0 aliphatic carbocycles. The van der Waals surface area contributed by atoms with Gasteiger partial charge in [0.2, 0.25) is 5.91 Å². The first-order valence-corrected chi connectivity index (χ1v) is 16.5. The van der Waals surface area contributed by atoms with Crippen LogP contribution in [0.1, 0.15) is 70.5 Å². The number of carbonyl (C=O) groups is 3. The van der Waals surface area contributed by atoms with E-state index in [0.29, 0.717) is 55.3 Å². The Morgan fingerprint density at radius 2 is 1.64 bits per heavy atom. The van der Waals surface area contributed by atoms with Crippen molar-refractivity contribution < 1.29 is 28.3 Å².